The molecule has 1 aliphatic rings. The highest BCUT2D eigenvalue weighted by Gasteiger charge is 2.14. The number of nitrogens with one attached hydrogen (secondary N) is 2. The van der Waals surface area contributed by atoms with Crippen molar-refractivity contribution in [2.45, 2.75) is 32.7 Å². The molecule has 1 amide bonds. The molecule has 0 radical (unpaired) electrons. The predicted octanol–water partition coefficient (Wildman–Crippen LogP) is 2.26. The van der Waals surface area contributed by atoms with E-state index in [9.17, 15) is 4.79 Å². The van der Waals surface area contributed by atoms with Gasteiger partial charge in [0.2, 0.25) is 0 Å². The van der Waals surface area contributed by atoms with Gasteiger partial charge in [-0.2, -0.15) is 0 Å². The van der Waals surface area contributed by atoms with Gasteiger partial charge >= 0.3 is 0 Å². The van der Waals surface area contributed by atoms with Gasteiger partial charge in [-0.1, -0.05) is 12.1 Å². The molecule has 24 heavy (non-hydrogen) atoms. The second-order valence-electron chi connectivity index (χ2n) is 6.43. The van der Waals surface area contributed by atoms with Crippen molar-refractivity contribution in [3.05, 3.63) is 59.2 Å². The van der Waals surface area contributed by atoms with Gasteiger partial charge in [0.1, 0.15) is 0 Å². The molecule has 126 valence electrons. The van der Waals surface area contributed by atoms with Gasteiger partial charge in [-0.15, -0.1) is 0 Å². The summed E-state index contributed by atoms with van der Waals surface area (Å²) in [5.74, 6) is 0.650. The Labute approximate surface area is 142 Å². The molecule has 2 heterocycles. The molecule has 1 fully saturated rings. The van der Waals surface area contributed by atoms with Crippen molar-refractivity contribution < 1.29 is 4.79 Å². The van der Waals surface area contributed by atoms with E-state index in [0.29, 0.717) is 18.0 Å². The third-order valence-corrected chi connectivity index (χ3v) is 4.44. The summed E-state index contributed by atoms with van der Waals surface area (Å²) in [4.78, 5) is 20.8. The van der Waals surface area contributed by atoms with Crippen molar-refractivity contribution in [3.8, 4) is 0 Å². The van der Waals surface area contributed by atoms with Crippen molar-refractivity contribution in [1.29, 1.82) is 0 Å². The predicted molar refractivity (Wildman–Crippen MR) is 93.7 cm³/mol. The molecule has 1 aromatic carbocycles. The van der Waals surface area contributed by atoms with Gasteiger partial charge in [-0.3, -0.25) is 14.8 Å². The van der Waals surface area contributed by atoms with E-state index in [0.717, 1.165) is 30.9 Å². The molecule has 0 bridgehead atoms. The Hall–Kier alpha value is -2.27. The van der Waals surface area contributed by atoms with Crippen LogP contribution in [0.1, 0.15) is 40.2 Å². The molecule has 1 aliphatic heterocycles. The van der Waals surface area contributed by atoms with E-state index in [1.165, 1.54) is 18.4 Å². The van der Waals surface area contributed by atoms with Crippen molar-refractivity contribution in [3.63, 3.8) is 0 Å². The van der Waals surface area contributed by atoms with Crippen molar-refractivity contribution >= 4 is 5.91 Å². The lowest BCUT2D eigenvalue weighted by atomic mass is 9.90. The smallest absolute Gasteiger partial charge is 0.251 e. The van der Waals surface area contributed by atoms with Crippen LogP contribution >= 0.6 is 0 Å². The maximum absolute atomic E-state index is 12.4. The first kappa shape index (κ1) is 16.6. The van der Waals surface area contributed by atoms with Gasteiger partial charge in [0, 0.05) is 11.8 Å². The minimum absolute atomic E-state index is 0.0652. The second kappa shape index (κ2) is 8.02. The minimum atomic E-state index is -0.0652. The van der Waals surface area contributed by atoms with Crippen LogP contribution in [0, 0.1) is 12.8 Å². The summed E-state index contributed by atoms with van der Waals surface area (Å²) in [6.45, 7) is 4.48. The fraction of sp³-hybridized carbons (Fsp3) is 0.421. The third-order valence-electron chi connectivity index (χ3n) is 4.44. The molecule has 0 atom stereocenters. The van der Waals surface area contributed by atoms with Crippen LogP contribution in [0.4, 0.5) is 0 Å². The molecule has 3 rings (SSSR count). The molecule has 0 unspecified atom stereocenters. The number of hydrogen-bond acceptors (Lipinski definition) is 4. The number of amides is 1. The molecule has 1 aromatic heterocycles. The molecule has 1 saturated heterocycles. The van der Waals surface area contributed by atoms with Crippen LogP contribution in [-0.2, 0) is 13.0 Å². The fourth-order valence-electron chi connectivity index (χ4n) is 3.04. The minimum Gasteiger partial charge on any atom is -0.346 e. The summed E-state index contributed by atoms with van der Waals surface area (Å²) in [5.41, 5.74) is 3.58. The lowest BCUT2D eigenvalue weighted by molar-refractivity contribution is 0.0950. The molecule has 5 nitrogen and oxygen atoms in total. The second-order valence-corrected chi connectivity index (χ2v) is 6.43. The van der Waals surface area contributed by atoms with Crippen LogP contribution in [0.15, 0.2) is 36.7 Å². The number of rotatable bonds is 5. The zero-order valence-corrected chi connectivity index (χ0v) is 14.1. The van der Waals surface area contributed by atoms with E-state index < -0.39 is 0 Å². The van der Waals surface area contributed by atoms with E-state index in [1.807, 2.05) is 25.1 Å². The molecule has 0 saturated carbocycles. The monoisotopic (exact) mass is 324 g/mol. The molecule has 2 aromatic rings. The van der Waals surface area contributed by atoms with Crippen molar-refractivity contribution in [2.75, 3.05) is 13.1 Å². The maximum Gasteiger partial charge on any atom is 0.251 e. The Morgan fingerprint density at radius 2 is 2.08 bits per heavy atom. The normalized spacial score (nSPS) is 15.2. The Bertz CT molecular complexity index is 678. The van der Waals surface area contributed by atoms with E-state index in [2.05, 4.69) is 26.7 Å². The van der Waals surface area contributed by atoms with Gasteiger partial charge in [0.15, 0.2) is 0 Å². The highest BCUT2D eigenvalue weighted by molar-refractivity contribution is 5.94. The zero-order valence-electron chi connectivity index (χ0n) is 14.1. The van der Waals surface area contributed by atoms with Crippen LogP contribution in [-0.4, -0.2) is 29.0 Å². The lowest BCUT2D eigenvalue weighted by Gasteiger charge is -2.22. The number of aryl methyl sites for hydroxylation is 1. The summed E-state index contributed by atoms with van der Waals surface area (Å²) in [6.07, 6.45) is 6.88. The Balaban J connectivity index is 1.58. The first-order valence-electron chi connectivity index (χ1n) is 8.56. The Kier molecular flexibility index (Phi) is 5.54. The number of aromatic nitrogens is 2. The Morgan fingerprint density at radius 1 is 1.25 bits per heavy atom. The fourth-order valence-corrected chi connectivity index (χ4v) is 3.04. The topological polar surface area (TPSA) is 66.9 Å². The standard InChI is InChI=1S/C19H24N4O/c1-14-11-22-18(12-21-14)13-23-19(24)17-4-2-3-16(10-17)9-15-5-7-20-8-6-15/h2-4,10-12,15,20H,5-9,13H2,1H3,(H,23,24). The molecule has 0 aliphatic carbocycles. The molecular weight excluding hydrogens is 300 g/mol. The van der Waals surface area contributed by atoms with Crippen LogP contribution in [0.2, 0.25) is 0 Å². The number of carbonyl (C=O) groups excluding carboxylic acids is 1. The summed E-state index contributed by atoms with van der Waals surface area (Å²) >= 11 is 0. The quantitative estimate of drug-likeness (QED) is 0.885. The summed E-state index contributed by atoms with van der Waals surface area (Å²) in [7, 11) is 0. The largest absolute Gasteiger partial charge is 0.346 e. The highest BCUT2D eigenvalue weighted by Crippen LogP contribution is 2.18. The number of nitrogens with zero attached hydrogens (tertiary/aromatic N) is 2. The SMILES string of the molecule is Cc1cnc(CNC(=O)c2cccc(CC3CCNCC3)c2)cn1. The first-order valence-corrected chi connectivity index (χ1v) is 8.56. The van der Waals surface area contributed by atoms with Gasteiger partial charge in [-0.05, 0) is 62.9 Å². The van der Waals surface area contributed by atoms with Crippen LogP contribution in [0.5, 0.6) is 0 Å². The molecule has 2 N–H and O–H groups in total. The summed E-state index contributed by atoms with van der Waals surface area (Å²) < 4.78 is 0. The summed E-state index contributed by atoms with van der Waals surface area (Å²) in [5, 5.41) is 6.30. The first-order chi connectivity index (χ1) is 11.7. The highest BCUT2D eigenvalue weighted by atomic mass is 16.1. The van der Waals surface area contributed by atoms with E-state index in [4.69, 9.17) is 0 Å². The molecular formula is C19H24N4O. The van der Waals surface area contributed by atoms with Gasteiger partial charge < -0.3 is 10.6 Å². The Morgan fingerprint density at radius 3 is 2.83 bits per heavy atom. The maximum atomic E-state index is 12.4. The van der Waals surface area contributed by atoms with Crippen LogP contribution in [0.25, 0.3) is 0 Å². The van der Waals surface area contributed by atoms with Gasteiger partial charge in [0.05, 0.1) is 24.1 Å². The number of carbonyl (C=O) groups is 1. The average molecular weight is 324 g/mol. The van der Waals surface area contributed by atoms with Crippen LogP contribution < -0.4 is 10.6 Å². The van der Waals surface area contributed by atoms with Crippen molar-refractivity contribution in [2.24, 2.45) is 5.92 Å². The molecule has 0 spiro atoms. The van der Waals surface area contributed by atoms with Crippen molar-refractivity contribution in [1.82, 2.24) is 20.6 Å². The summed E-state index contributed by atoms with van der Waals surface area (Å²) in [6, 6.07) is 7.96. The van der Waals surface area contributed by atoms with E-state index >= 15 is 0 Å². The third kappa shape index (κ3) is 4.61. The van der Waals surface area contributed by atoms with E-state index in [-0.39, 0.29) is 5.91 Å². The van der Waals surface area contributed by atoms with Gasteiger partial charge in [0.25, 0.3) is 5.91 Å². The number of benzene rings is 1. The lowest BCUT2D eigenvalue weighted by Crippen LogP contribution is -2.28. The number of hydrogen-bond donors (Lipinski definition) is 2. The molecule has 5 heteroatoms. The zero-order chi connectivity index (χ0) is 16.8. The van der Waals surface area contributed by atoms with Gasteiger partial charge in [-0.25, -0.2) is 0 Å². The van der Waals surface area contributed by atoms with Crippen LogP contribution in [0.3, 0.4) is 0 Å². The number of piperidine rings is 1. The van der Waals surface area contributed by atoms with E-state index in [1.54, 1.807) is 12.4 Å². The average Bonchev–Trinajstić information content (AvgIpc) is 2.62.